The van der Waals surface area contributed by atoms with Crippen molar-refractivity contribution in [3.8, 4) is 26.9 Å². The molecule has 0 amide bonds. The van der Waals surface area contributed by atoms with E-state index in [1.807, 2.05) is 55.5 Å². The van der Waals surface area contributed by atoms with Gasteiger partial charge in [-0.1, -0.05) is 24.3 Å². The van der Waals surface area contributed by atoms with E-state index in [2.05, 4.69) is 12.1 Å². The number of hydrogen-bond donors (Lipinski definition) is 1. The smallest absolute Gasteiger partial charge is 0.136 e. The molecule has 26 heavy (non-hydrogen) atoms. The minimum atomic E-state index is 0.244. The highest BCUT2D eigenvalue weighted by molar-refractivity contribution is 7.22. The minimum Gasteiger partial charge on any atom is -0.506 e. The largest absolute Gasteiger partial charge is 0.506 e. The molecule has 0 aliphatic carbocycles. The van der Waals surface area contributed by atoms with Crippen LogP contribution in [-0.2, 0) is 0 Å². The highest BCUT2D eigenvalue weighted by atomic mass is 32.1. The third-order valence-corrected chi connectivity index (χ3v) is 6.44. The second-order valence-corrected chi connectivity index (χ2v) is 8.24. The summed E-state index contributed by atoms with van der Waals surface area (Å²) in [6, 6.07) is 20.1. The lowest BCUT2D eigenvalue weighted by Crippen LogP contribution is -1.86. The van der Waals surface area contributed by atoms with Crippen molar-refractivity contribution in [2.24, 2.45) is 0 Å². The fourth-order valence-electron chi connectivity index (χ4n) is 3.08. The molecule has 126 valence electrons. The maximum absolute atomic E-state index is 11.0. The highest BCUT2D eigenvalue weighted by Crippen LogP contribution is 2.43. The maximum atomic E-state index is 11.0. The first-order valence-electron chi connectivity index (χ1n) is 8.24. The number of aryl methyl sites for hydroxylation is 1. The normalized spacial score (nSPS) is 11.4. The molecule has 0 radical (unpaired) electrons. The Balaban J connectivity index is 1.72. The molecule has 0 spiro atoms. The summed E-state index contributed by atoms with van der Waals surface area (Å²) >= 11 is 3.19. The molecule has 3 aromatic carbocycles. The first kappa shape index (κ1) is 15.5. The molecule has 2 aromatic heterocycles. The van der Waals surface area contributed by atoms with Gasteiger partial charge in [0, 0.05) is 0 Å². The molecule has 1 N–H and O–H groups in total. The highest BCUT2D eigenvalue weighted by Gasteiger charge is 2.18. The number of fused-ring (bicyclic) bond motifs is 2. The third-order valence-electron chi connectivity index (χ3n) is 4.30. The second-order valence-electron chi connectivity index (χ2n) is 6.18. The van der Waals surface area contributed by atoms with Crippen LogP contribution in [0.4, 0.5) is 0 Å². The quantitative estimate of drug-likeness (QED) is 0.397. The van der Waals surface area contributed by atoms with E-state index in [-0.39, 0.29) is 5.75 Å². The monoisotopic (exact) mass is 374 g/mol. The van der Waals surface area contributed by atoms with E-state index in [4.69, 9.17) is 9.97 Å². The number of thiazole rings is 2. The number of phenolic OH excluding ortho intramolecular Hbond substituents is 1. The van der Waals surface area contributed by atoms with Gasteiger partial charge in [0.2, 0.25) is 0 Å². The second kappa shape index (κ2) is 5.90. The lowest BCUT2D eigenvalue weighted by Gasteiger charge is -2.08. The number of rotatable bonds is 2. The van der Waals surface area contributed by atoms with Gasteiger partial charge >= 0.3 is 0 Å². The van der Waals surface area contributed by atoms with Gasteiger partial charge in [-0.2, -0.15) is 0 Å². The first-order valence-corrected chi connectivity index (χ1v) is 9.88. The van der Waals surface area contributed by atoms with Crippen molar-refractivity contribution in [3.05, 3.63) is 66.2 Å². The van der Waals surface area contributed by atoms with Crippen LogP contribution in [0.5, 0.6) is 5.75 Å². The number of aromatic nitrogens is 2. The van der Waals surface area contributed by atoms with E-state index in [1.54, 1.807) is 22.7 Å². The molecular formula is C21H14N2OS2. The van der Waals surface area contributed by atoms with Crippen LogP contribution in [0.1, 0.15) is 5.56 Å². The summed E-state index contributed by atoms with van der Waals surface area (Å²) < 4.78 is 2.23. The summed E-state index contributed by atoms with van der Waals surface area (Å²) in [7, 11) is 0. The van der Waals surface area contributed by atoms with Gasteiger partial charge in [0.1, 0.15) is 15.8 Å². The zero-order chi connectivity index (χ0) is 17.7. The van der Waals surface area contributed by atoms with Crippen molar-refractivity contribution in [3.63, 3.8) is 0 Å². The standard InChI is InChI=1S/C21H14N2OS2/c1-12-10-13(20-22-15-6-2-4-8-17(15)25-20)19(24)14(11-12)21-23-16-7-3-5-9-18(16)26-21/h2-11,24H,1H3. The average Bonchev–Trinajstić information content (AvgIpc) is 3.26. The predicted octanol–water partition coefficient (Wildman–Crippen LogP) is 6.25. The van der Waals surface area contributed by atoms with E-state index >= 15 is 0 Å². The van der Waals surface area contributed by atoms with Crippen LogP contribution >= 0.6 is 22.7 Å². The lowest BCUT2D eigenvalue weighted by atomic mass is 10.1. The molecular weight excluding hydrogens is 360 g/mol. The van der Waals surface area contributed by atoms with E-state index < -0.39 is 0 Å². The fraction of sp³-hybridized carbons (Fsp3) is 0.0476. The van der Waals surface area contributed by atoms with Crippen molar-refractivity contribution in [2.75, 3.05) is 0 Å². The van der Waals surface area contributed by atoms with Gasteiger partial charge in [0.25, 0.3) is 0 Å². The lowest BCUT2D eigenvalue weighted by molar-refractivity contribution is 0.479. The summed E-state index contributed by atoms with van der Waals surface area (Å²) in [5.41, 5.74) is 4.51. The first-order chi connectivity index (χ1) is 12.7. The molecule has 0 bridgehead atoms. The van der Waals surface area contributed by atoms with Crippen LogP contribution in [0, 0.1) is 6.92 Å². The van der Waals surface area contributed by atoms with Gasteiger partial charge in [-0.15, -0.1) is 22.7 Å². The minimum absolute atomic E-state index is 0.244. The van der Waals surface area contributed by atoms with E-state index in [0.717, 1.165) is 47.1 Å². The van der Waals surface area contributed by atoms with Crippen molar-refractivity contribution in [1.29, 1.82) is 0 Å². The Bertz CT molecular complexity index is 1110. The Morgan fingerprint density at radius 3 is 1.65 bits per heavy atom. The topological polar surface area (TPSA) is 46.0 Å². The predicted molar refractivity (Wildman–Crippen MR) is 110 cm³/mol. The van der Waals surface area contributed by atoms with Crippen molar-refractivity contribution < 1.29 is 5.11 Å². The summed E-state index contributed by atoms with van der Waals surface area (Å²) in [6.07, 6.45) is 0. The summed E-state index contributed by atoms with van der Waals surface area (Å²) in [5.74, 6) is 0.244. The van der Waals surface area contributed by atoms with Gasteiger partial charge in [-0.25, -0.2) is 9.97 Å². The van der Waals surface area contributed by atoms with Crippen LogP contribution < -0.4 is 0 Å². The molecule has 0 atom stereocenters. The molecule has 2 heterocycles. The van der Waals surface area contributed by atoms with Crippen LogP contribution in [0.25, 0.3) is 41.6 Å². The Labute approximate surface area is 158 Å². The summed E-state index contributed by atoms with van der Waals surface area (Å²) in [6.45, 7) is 2.03. The molecule has 0 aliphatic rings. The molecule has 5 rings (SSSR count). The molecule has 0 unspecified atom stereocenters. The molecule has 5 heteroatoms. The van der Waals surface area contributed by atoms with Crippen LogP contribution in [0.3, 0.4) is 0 Å². The number of aromatic hydroxyl groups is 1. The number of benzene rings is 3. The summed E-state index contributed by atoms with van der Waals surface area (Å²) in [5, 5.41) is 12.7. The number of phenols is 1. The zero-order valence-electron chi connectivity index (χ0n) is 13.9. The molecule has 0 saturated heterocycles. The van der Waals surface area contributed by atoms with Crippen molar-refractivity contribution in [2.45, 2.75) is 6.92 Å². The van der Waals surface area contributed by atoms with Gasteiger partial charge in [-0.05, 0) is 48.9 Å². The molecule has 5 aromatic rings. The van der Waals surface area contributed by atoms with Gasteiger partial charge in [0.15, 0.2) is 0 Å². The van der Waals surface area contributed by atoms with Crippen LogP contribution in [0.15, 0.2) is 60.7 Å². The molecule has 0 aliphatic heterocycles. The fourth-order valence-corrected chi connectivity index (χ4v) is 5.05. The molecule has 0 fully saturated rings. The maximum Gasteiger partial charge on any atom is 0.136 e. The Morgan fingerprint density at radius 1 is 0.731 bits per heavy atom. The number of nitrogens with zero attached hydrogens (tertiary/aromatic N) is 2. The van der Waals surface area contributed by atoms with Gasteiger partial charge in [0.05, 0.1) is 31.6 Å². The van der Waals surface area contributed by atoms with E-state index in [1.165, 1.54) is 0 Å². The third kappa shape index (κ3) is 2.48. The van der Waals surface area contributed by atoms with E-state index in [9.17, 15) is 5.11 Å². The van der Waals surface area contributed by atoms with Crippen LogP contribution in [-0.4, -0.2) is 15.1 Å². The Morgan fingerprint density at radius 2 is 1.19 bits per heavy atom. The molecule has 3 nitrogen and oxygen atoms in total. The van der Waals surface area contributed by atoms with Crippen molar-refractivity contribution >= 4 is 43.1 Å². The van der Waals surface area contributed by atoms with E-state index in [0.29, 0.717) is 0 Å². The zero-order valence-corrected chi connectivity index (χ0v) is 15.6. The Hall–Kier alpha value is -2.76. The van der Waals surface area contributed by atoms with Crippen LogP contribution in [0.2, 0.25) is 0 Å². The average molecular weight is 374 g/mol. The van der Waals surface area contributed by atoms with Crippen molar-refractivity contribution in [1.82, 2.24) is 9.97 Å². The number of hydrogen-bond acceptors (Lipinski definition) is 5. The SMILES string of the molecule is Cc1cc(-c2nc3ccccc3s2)c(O)c(-c2nc3ccccc3s2)c1. The summed E-state index contributed by atoms with van der Waals surface area (Å²) in [4.78, 5) is 9.41. The van der Waals surface area contributed by atoms with Gasteiger partial charge in [-0.3, -0.25) is 0 Å². The molecule has 0 saturated carbocycles. The Kier molecular flexibility index (Phi) is 3.51. The van der Waals surface area contributed by atoms with Gasteiger partial charge < -0.3 is 5.11 Å². The number of para-hydroxylation sites is 2.